The Hall–Kier alpha value is -3.48. The summed E-state index contributed by atoms with van der Waals surface area (Å²) in [6.07, 6.45) is 7.30. The summed E-state index contributed by atoms with van der Waals surface area (Å²) in [7, 11) is 3.15. The Bertz CT molecular complexity index is 1190. The number of carbonyl (C=O) groups excluding carboxylic acids is 1. The van der Waals surface area contributed by atoms with Crippen LogP contribution in [0.25, 0.3) is 16.8 Å². The molecule has 7 heteroatoms. The van der Waals surface area contributed by atoms with Gasteiger partial charge in [-0.25, -0.2) is 14.2 Å². The predicted molar refractivity (Wildman–Crippen MR) is 103 cm³/mol. The summed E-state index contributed by atoms with van der Waals surface area (Å²) >= 11 is 0. The summed E-state index contributed by atoms with van der Waals surface area (Å²) in [5.74, 6) is -0.768. The molecule has 142 valence electrons. The first-order chi connectivity index (χ1) is 13.5. The highest BCUT2D eigenvalue weighted by atomic mass is 19.1. The average molecular weight is 378 g/mol. The van der Waals surface area contributed by atoms with Gasteiger partial charge < -0.3 is 9.14 Å². The van der Waals surface area contributed by atoms with E-state index in [1.165, 1.54) is 13.2 Å². The van der Waals surface area contributed by atoms with E-state index in [-0.39, 0.29) is 5.82 Å². The number of rotatable bonds is 4. The van der Waals surface area contributed by atoms with Gasteiger partial charge in [0.2, 0.25) is 0 Å². The van der Waals surface area contributed by atoms with Crippen molar-refractivity contribution in [1.82, 2.24) is 19.2 Å². The van der Waals surface area contributed by atoms with Gasteiger partial charge in [0.1, 0.15) is 11.4 Å². The van der Waals surface area contributed by atoms with E-state index < -0.39 is 5.97 Å². The Morgan fingerprint density at radius 3 is 2.71 bits per heavy atom. The lowest BCUT2D eigenvalue weighted by atomic mass is 9.99. The number of ether oxygens (including phenoxy) is 1. The minimum absolute atomic E-state index is 0.300. The van der Waals surface area contributed by atoms with Crippen LogP contribution in [-0.4, -0.2) is 32.2 Å². The Balaban J connectivity index is 1.74. The summed E-state index contributed by atoms with van der Waals surface area (Å²) in [5.41, 5.74) is 4.80. The molecule has 0 saturated carbocycles. The predicted octanol–water partition coefficient (Wildman–Crippen LogP) is 3.56. The second-order valence-corrected chi connectivity index (χ2v) is 6.67. The largest absolute Gasteiger partial charge is 0.465 e. The van der Waals surface area contributed by atoms with Gasteiger partial charge in [-0.3, -0.25) is 4.68 Å². The van der Waals surface area contributed by atoms with Gasteiger partial charge in [-0.1, -0.05) is 12.1 Å². The van der Waals surface area contributed by atoms with Crippen LogP contribution in [0.1, 0.15) is 27.2 Å². The van der Waals surface area contributed by atoms with Crippen LogP contribution >= 0.6 is 0 Å². The summed E-state index contributed by atoms with van der Waals surface area (Å²) < 4.78 is 23.2. The minimum Gasteiger partial charge on any atom is -0.465 e. The quantitative estimate of drug-likeness (QED) is 0.510. The fourth-order valence-corrected chi connectivity index (χ4v) is 3.36. The van der Waals surface area contributed by atoms with E-state index in [4.69, 9.17) is 4.74 Å². The topological polar surface area (TPSA) is 61.4 Å². The zero-order valence-electron chi connectivity index (χ0n) is 15.8. The molecule has 3 aromatic heterocycles. The zero-order chi connectivity index (χ0) is 19.8. The number of imidazole rings is 1. The molecule has 28 heavy (non-hydrogen) atoms. The molecule has 0 amide bonds. The van der Waals surface area contributed by atoms with Crippen molar-refractivity contribution in [3.05, 3.63) is 77.3 Å². The number of hydrogen-bond acceptors (Lipinski definition) is 4. The number of aryl methyl sites for hydroxylation is 2. The molecule has 0 aliphatic rings. The van der Waals surface area contributed by atoms with Crippen molar-refractivity contribution < 1.29 is 13.9 Å². The summed E-state index contributed by atoms with van der Waals surface area (Å²) in [6.45, 7) is 1.92. The maximum absolute atomic E-state index is 14.8. The van der Waals surface area contributed by atoms with Gasteiger partial charge in [0.05, 0.1) is 13.3 Å². The molecule has 0 N–H and O–H groups in total. The van der Waals surface area contributed by atoms with E-state index in [0.717, 1.165) is 22.4 Å². The summed E-state index contributed by atoms with van der Waals surface area (Å²) in [6, 6.07) is 6.89. The van der Waals surface area contributed by atoms with Gasteiger partial charge >= 0.3 is 5.97 Å². The number of pyridine rings is 1. The van der Waals surface area contributed by atoms with E-state index in [1.807, 2.05) is 30.6 Å². The minimum atomic E-state index is -0.468. The third-order valence-electron chi connectivity index (χ3n) is 4.90. The number of carbonyl (C=O) groups is 1. The third-order valence-corrected chi connectivity index (χ3v) is 4.90. The van der Waals surface area contributed by atoms with Crippen LogP contribution in [-0.2, 0) is 18.2 Å². The highest BCUT2D eigenvalue weighted by Crippen LogP contribution is 2.25. The first-order valence-corrected chi connectivity index (χ1v) is 8.79. The Labute approximate surface area is 161 Å². The van der Waals surface area contributed by atoms with E-state index in [0.29, 0.717) is 23.2 Å². The molecule has 0 bridgehead atoms. The Morgan fingerprint density at radius 2 is 2.04 bits per heavy atom. The zero-order valence-corrected chi connectivity index (χ0v) is 15.8. The normalized spacial score (nSPS) is 11.1. The van der Waals surface area contributed by atoms with Crippen molar-refractivity contribution in [2.24, 2.45) is 7.05 Å². The van der Waals surface area contributed by atoms with Crippen LogP contribution in [0.4, 0.5) is 4.39 Å². The highest BCUT2D eigenvalue weighted by Gasteiger charge is 2.18. The number of benzene rings is 1. The number of halogens is 1. The lowest BCUT2D eigenvalue weighted by Crippen LogP contribution is -2.09. The van der Waals surface area contributed by atoms with Crippen LogP contribution in [0.3, 0.4) is 0 Å². The fraction of sp³-hybridized carbons (Fsp3) is 0.190. The first-order valence-electron chi connectivity index (χ1n) is 8.79. The fourth-order valence-electron chi connectivity index (χ4n) is 3.36. The van der Waals surface area contributed by atoms with Crippen LogP contribution in [0, 0.1) is 12.7 Å². The third kappa shape index (κ3) is 3.05. The molecule has 0 spiro atoms. The molecule has 0 aliphatic heterocycles. The van der Waals surface area contributed by atoms with Crippen molar-refractivity contribution in [1.29, 1.82) is 0 Å². The van der Waals surface area contributed by atoms with E-state index in [2.05, 4.69) is 10.1 Å². The molecule has 4 rings (SSSR count). The number of nitrogens with zero attached hydrogens (tertiary/aromatic N) is 4. The number of aromatic nitrogens is 4. The van der Waals surface area contributed by atoms with Crippen molar-refractivity contribution in [3.8, 4) is 11.1 Å². The monoisotopic (exact) mass is 378 g/mol. The lowest BCUT2D eigenvalue weighted by molar-refractivity contribution is 0.0602. The molecule has 4 aromatic rings. The van der Waals surface area contributed by atoms with Crippen molar-refractivity contribution in [3.63, 3.8) is 0 Å². The Morgan fingerprint density at radius 1 is 1.21 bits per heavy atom. The van der Waals surface area contributed by atoms with Gasteiger partial charge in [-0.2, -0.15) is 5.10 Å². The van der Waals surface area contributed by atoms with Gasteiger partial charge in [-0.15, -0.1) is 0 Å². The van der Waals surface area contributed by atoms with E-state index in [9.17, 15) is 9.18 Å². The van der Waals surface area contributed by atoms with Crippen molar-refractivity contribution >= 4 is 11.6 Å². The summed E-state index contributed by atoms with van der Waals surface area (Å²) in [4.78, 5) is 16.4. The molecule has 0 fully saturated rings. The van der Waals surface area contributed by atoms with Gasteiger partial charge in [-0.05, 0) is 35.7 Å². The second-order valence-electron chi connectivity index (χ2n) is 6.67. The van der Waals surface area contributed by atoms with Gasteiger partial charge in [0.15, 0.2) is 5.65 Å². The van der Waals surface area contributed by atoms with Crippen LogP contribution < -0.4 is 0 Å². The number of esters is 1. The van der Waals surface area contributed by atoms with Crippen LogP contribution in [0.5, 0.6) is 0 Å². The Kier molecular flexibility index (Phi) is 4.43. The van der Waals surface area contributed by atoms with Crippen molar-refractivity contribution in [2.45, 2.75) is 13.3 Å². The molecular formula is C21H19FN4O2. The maximum atomic E-state index is 14.8. The average Bonchev–Trinajstić information content (AvgIpc) is 3.34. The summed E-state index contributed by atoms with van der Waals surface area (Å²) in [5, 5.41) is 4.12. The number of hydrogen-bond donors (Lipinski definition) is 0. The SMILES string of the molecule is COC(=O)c1cc(Cc2ccc(-c3cnn(C)c3)cc2F)c(C)n2ccnc12. The molecule has 0 saturated heterocycles. The van der Waals surface area contributed by atoms with Crippen LogP contribution in [0.2, 0.25) is 0 Å². The molecule has 1 aromatic carbocycles. The molecule has 0 unspecified atom stereocenters. The number of methoxy groups -OCH3 is 1. The maximum Gasteiger partial charge on any atom is 0.341 e. The lowest BCUT2D eigenvalue weighted by Gasteiger charge is -2.13. The molecule has 6 nitrogen and oxygen atoms in total. The second kappa shape index (κ2) is 6.92. The molecule has 3 heterocycles. The van der Waals surface area contributed by atoms with E-state index in [1.54, 1.807) is 35.4 Å². The van der Waals surface area contributed by atoms with Crippen molar-refractivity contribution in [2.75, 3.05) is 7.11 Å². The van der Waals surface area contributed by atoms with Gasteiger partial charge in [0, 0.05) is 43.3 Å². The molecule has 0 atom stereocenters. The highest BCUT2D eigenvalue weighted by molar-refractivity contribution is 5.96. The first kappa shape index (κ1) is 17.9. The molecular weight excluding hydrogens is 359 g/mol. The van der Waals surface area contributed by atoms with Crippen LogP contribution in [0.15, 0.2) is 49.1 Å². The number of fused-ring (bicyclic) bond motifs is 1. The standard InChI is InChI=1S/C21H19FN4O2/c1-13-16(9-18(21(27)28-3)20-23-6-7-26(13)20)8-15-5-4-14(10-19(15)22)17-11-24-25(2)12-17/h4-7,9-12H,8H2,1-3H3. The van der Waals surface area contributed by atoms with Gasteiger partial charge in [0.25, 0.3) is 0 Å². The van der Waals surface area contributed by atoms with E-state index >= 15 is 0 Å². The molecule has 0 aliphatic carbocycles. The smallest absolute Gasteiger partial charge is 0.341 e. The molecule has 0 radical (unpaired) electrons.